The minimum Gasteiger partial charge on any atom is -0.388 e. The number of amides is 2. The van der Waals surface area contributed by atoms with Crippen LogP contribution in [0, 0.1) is 0 Å². The van der Waals surface area contributed by atoms with E-state index in [9.17, 15) is 14.4 Å². The van der Waals surface area contributed by atoms with E-state index in [0.717, 1.165) is 43.2 Å². The van der Waals surface area contributed by atoms with Gasteiger partial charge in [0.2, 0.25) is 0 Å². The van der Waals surface area contributed by atoms with Crippen LogP contribution in [0.25, 0.3) is 0 Å². The van der Waals surface area contributed by atoms with E-state index in [1.165, 1.54) is 4.90 Å². The molecule has 0 bridgehead atoms. The maximum atomic E-state index is 12.8. The lowest BCUT2D eigenvalue weighted by Crippen LogP contribution is -2.31. The molecule has 4 rings (SSSR count). The Hall–Kier alpha value is -2.95. The van der Waals surface area contributed by atoms with Crippen molar-refractivity contribution in [3.63, 3.8) is 0 Å². The molecule has 2 aromatic rings. The number of anilines is 2. The van der Waals surface area contributed by atoms with Gasteiger partial charge in [0.15, 0.2) is 0 Å². The molecule has 5 heteroatoms. The summed E-state index contributed by atoms with van der Waals surface area (Å²) in [7, 11) is 1.81. The molecule has 2 aromatic carbocycles. The van der Waals surface area contributed by atoms with Crippen LogP contribution in [0.3, 0.4) is 0 Å². The van der Waals surface area contributed by atoms with E-state index in [0.29, 0.717) is 16.8 Å². The summed E-state index contributed by atoms with van der Waals surface area (Å²) in [6.07, 6.45) is 4.61. The van der Waals surface area contributed by atoms with Crippen LogP contribution in [0.2, 0.25) is 0 Å². The van der Waals surface area contributed by atoms with Crippen LogP contribution in [0.4, 0.5) is 11.4 Å². The average Bonchev–Trinajstić information content (AvgIpc) is 3.26. The maximum absolute atomic E-state index is 12.8. The number of rotatable bonds is 4. The molecule has 1 saturated carbocycles. The molecule has 0 spiro atoms. The summed E-state index contributed by atoms with van der Waals surface area (Å²) in [6.45, 7) is 0. The normalized spacial score (nSPS) is 18.1. The summed E-state index contributed by atoms with van der Waals surface area (Å²) in [5.41, 5.74) is 2.53. The lowest BCUT2D eigenvalue weighted by molar-refractivity contribution is -0.112. The molecule has 0 aromatic heterocycles. The van der Waals surface area contributed by atoms with E-state index >= 15 is 0 Å². The minimum atomic E-state index is -0.549. The number of nitrogens with one attached hydrogen (secondary N) is 1. The second-order valence-corrected chi connectivity index (χ2v) is 6.95. The van der Waals surface area contributed by atoms with Gasteiger partial charge in [-0.05, 0) is 48.7 Å². The third-order valence-electron chi connectivity index (χ3n) is 5.58. The van der Waals surface area contributed by atoms with Crippen LogP contribution in [0.15, 0.2) is 42.5 Å². The molecule has 1 aliphatic heterocycles. The Kier molecular flexibility index (Phi) is 3.87. The Morgan fingerprint density at radius 3 is 2.15 bits per heavy atom. The van der Waals surface area contributed by atoms with Crippen LogP contribution in [0.5, 0.6) is 0 Å². The number of fused-ring (bicyclic) bond motifs is 1. The fourth-order valence-corrected chi connectivity index (χ4v) is 4.18. The van der Waals surface area contributed by atoms with E-state index < -0.39 is 5.41 Å². The van der Waals surface area contributed by atoms with E-state index in [-0.39, 0.29) is 11.8 Å². The Morgan fingerprint density at radius 1 is 1.00 bits per heavy atom. The van der Waals surface area contributed by atoms with E-state index in [2.05, 4.69) is 5.32 Å². The van der Waals surface area contributed by atoms with E-state index in [1.807, 2.05) is 19.2 Å². The Labute approximate surface area is 152 Å². The summed E-state index contributed by atoms with van der Waals surface area (Å²) in [5.74, 6) is -0.638. The lowest BCUT2D eigenvalue weighted by Gasteiger charge is -2.27. The first-order valence-electron chi connectivity index (χ1n) is 8.88. The highest BCUT2D eigenvalue weighted by Crippen LogP contribution is 2.44. The predicted octanol–water partition coefficient (Wildman–Crippen LogP) is 3.54. The van der Waals surface area contributed by atoms with Crippen LogP contribution in [-0.2, 0) is 10.2 Å². The van der Waals surface area contributed by atoms with Crippen molar-refractivity contribution >= 4 is 29.5 Å². The molecule has 2 aliphatic rings. The van der Waals surface area contributed by atoms with Crippen molar-refractivity contribution in [2.75, 3.05) is 17.3 Å². The van der Waals surface area contributed by atoms with Crippen molar-refractivity contribution in [2.24, 2.45) is 0 Å². The Morgan fingerprint density at radius 2 is 1.62 bits per heavy atom. The number of benzene rings is 2. The van der Waals surface area contributed by atoms with Gasteiger partial charge in [-0.3, -0.25) is 9.59 Å². The van der Waals surface area contributed by atoms with Crippen molar-refractivity contribution in [1.82, 2.24) is 0 Å². The molecular weight excluding hydrogens is 328 g/mol. The smallest absolute Gasteiger partial charge is 0.266 e. The third-order valence-corrected chi connectivity index (χ3v) is 5.58. The summed E-state index contributed by atoms with van der Waals surface area (Å²) in [4.78, 5) is 38.7. The van der Waals surface area contributed by atoms with Gasteiger partial charge < -0.3 is 10.1 Å². The summed E-state index contributed by atoms with van der Waals surface area (Å²) in [6, 6.07) is 12.3. The van der Waals surface area contributed by atoms with E-state index in [4.69, 9.17) is 0 Å². The van der Waals surface area contributed by atoms with Crippen LogP contribution < -0.4 is 10.2 Å². The first kappa shape index (κ1) is 16.5. The van der Waals surface area contributed by atoms with Crippen LogP contribution in [-0.4, -0.2) is 25.1 Å². The van der Waals surface area contributed by atoms with Crippen LogP contribution in [0.1, 0.15) is 52.0 Å². The molecular formula is C21H20N2O3. The summed E-state index contributed by atoms with van der Waals surface area (Å²) in [5, 5.41) is 3.14. The highest BCUT2D eigenvalue weighted by molar-refractivity contribution is 6.34. The van der Waals surface area contributed by atoms with Gasteiger partial charge in [-0.2, -0.15) is 0 Å². The largest absolute Gasteiger partial charge is 0.388 e. The number of hydrogen-bond donors (Lipinski definition) is 1. The number of aldehydes is 1. The summed E-state index contributed by atoms with van der Waals surface area (Å²) >= 11 is 0. The molecule has 0 unspecified atom stereocenters. The van der Waals surface area contributed by atoms with Crippen LogP contribution >= 0.6 is 0 Å². The number of imide groups is 1. The maximum Gasteiger partial charge on any atom is 0.266 e. The highest BCUT2D eigenvalue weighted by atomic mass is 16.2. The highest BCUT2D eigenvalue weighted by Gasteiger charge is 2.40. The predicted molar refractivity (Wildman–Crippen MR) is 99.8 cm³/mol. The molecule has 0 saturated heterocycles. The molecule has 1 heterocycles. The number of hydrogen-bond acceptors (Lipinski definition) is 4. The van der Waals surface area contributed by atoms with Gasteiger partial charge in [0.05, 0.1) is 22.2 Å². The van der Waals surface area contributed by atoms with Crippen molar-refractivity contribution in [1.29, 1.82) is 0 Å². The first-order valence-corrected chi connectivity index (χ1v) is 8.88. The zero-order valence-electron chi connectivity index (χ0n) is 14.6. The monoisotopic (exact) mass is 348 g/mol. The van der Waals surface area contributed by atoms with Crippen molar-refractivity contribution in [3.05, 3.63) is 59.2 Å². The van der Waals surface area contributed by atoms with Gasteiger partial charge in [0.25, 0.3) is 11.8 Å². The third kappa shape index (κ3) is 2.27. The van der Waals surface area contributed by atoms with Gasteiger partial charge in [0, 0.05) is 12.7 Å². The van der Waals surface area contributed by atoms with Crippen molar-refractivity contribution in [2.45, 2.75) is 31.1 Å². The van der Waals surface area contributed by atoms with Gasteiger partial charge in [-0.1, -0.05) is 25.0 Å². The molecule has 2 amide bonds. The molecule has 0 radical (unpaired) electrons. The van der Waals surface area contributed by atoms with E-state index in [1.54, 1.807) is 30.3 Å². The zero-order valence-corrected chi connectivity index (χ0v) is 14.6. The van der Waals surface area contributed by atoms with Gasteiger partial charge in [-0.15, -0.1) is 0 Å². The molecule has 1 aliphatic carbocycles. The Bertz CT molecular complexity index is 878. The SMILES string of the molecule is CNc1ccc(N2C(=O)c3ccccc3C2=O)cc1C1(C=O)CCCC1. The first-order chi connectivity index (χ1) is 12.6. The second-order valence-electron chi connectivity index (χ2n) is 6.95. The fourth-order valence-electron chi connectivity index (χ4n) is 4.18. The standard InChI is InChI=1S/C21H20N2O3/c1-22-18-9-8-14(12-17(18)21(13-24)10-4-5-11-21)23-19(25)15-6-2-3-7-16(15)20(23)26/h2-3,6-9,12-13,22H,4-5,10-11H2,1H3. The van der Waals surface area contributed by atoms with Gasteiger partial charge in [-0.25, -0.2) is 4.90 Å². The van der Waals surface area contributed by atoms with Gasteiger partial charge in [0.1, 0.15) is 6.29 Å². The topological polar surface area (TPSA) is 66.5 Å². The number of carbonyl (C=O) groups is 3. The molecule has 1 fully saturated rings. The molecule has 0 atom stereocenters. The number of carbonyl (C=O) groups excluding carboxylic acids is 3. The van der Waals surface area contributed by atoms with Crippen molar-refractivity contribution < 1.29 is 14.4 Å². The number of nitrogens with zero attached hydrogens (tertiary/aromatic N) is 1. The minimum absolute atomic E-state index is 0.319. The van der Waals surface area contributed by atoms with Crippen molar-refractivity contribution in [3.8, 4) is 0 Å². The lowest BCUT2D eigenvalue weighted by atomic mass is 9.79. The average molecular weight is 348 g/mol. The second kappa shape index (κ2) is 6.09. The Balaban J connectivity index is 1.82. The molecule has 1 N–H and O–H groups in total. The molecule has 132 valence electrons. The fraction of sp³-hybridized carbons (Fsp3) is 0.286. The summed E-state index contributed by atoms with van der Waals surface area (Å²) < 4.78 is 0. The molecule has 26 heavy (non-hydrogen) atoms. The quantitative estimate of drug-likeness (QED) is 0.678. The van der Waals surface area contributed by atoms with Gasteiger partial charge >= 0.3 is 0 Å². The zero-order chi connectivity index (χ0) is 18.3. The molecule has 5 nitrogen and oxygen atoms in total.